The first-order valence-corrected chi connectivity index (χ1v) is 9.44. The van der Waals surface area contributed by atoms with E-state index < -0.39 is 11.5 Å². The number of likely N-dealkylation sites (tertiary alicyclic amines) is 1. The van der Waals surface area contributed by atoms with Gasteiger partial charge >= 0.3 is 5.97 Å². The van der Waals surface area contributed by atoms with Crippen molar-refractivity contribution in [3.63, 3.8) is 0 Å². The first-order chi connectivity index (χ1) is 12.7. The number of nitrogens with one attached hydrogen (secondary N) is 1. The number of carbonyl (C=O) groups is 1. The summed E-state index contributed by atoms with van der Waals surface area (Å²) in [5.74, 6) is 0.536. The van der Waals surface area contributed by atoms with Gasteiger partial charge in [-0.05, 0) is 62.9 Å². The number of aliphatic carboxylic acids is 1. The van der Waals surface area contributed by atoms with Crippen molar-refractivity contribution in [1.29, 1.82) is 0 Å². The summed E-state index contributed by atoms with van der Waals surface area (Å²) in [5, 5.41) is 18.0. The lowest BCUT2D eigenvalue weighted by atomic mass is 9.87. The number of nitrogens with zero attached hydrogens (tertiary/aromatic N) is 3. The van der Waals surface area contributed by atoms with Crippen LogP contribution in [0.25, 0.3) is 11.5 Å². The molecule has 0 saturated carbocycles. The zero-order valence-corrected chi connectivity index (χ0v) is 14.9. The Kier molecular flexibility index (Phi) is 4.82. The van der Waals surface area contributed by atoms with E-state index in [2.05, 4.69) is 15.3 Å². The Balaban J connectivity index is 1.46. The van der Waals surface area contributed by atoms with Crippen LogP contribution in [0, 0.1) is 5.92 Å². The van der Waals surface area contributed by atoms with Gasteiger partial charge < -0.3 is 19.7 Å². The third kappa shape index (κ3) is 3.29. The maximum atomic E-state index is 12.2. The Morgan fingerprint density at radius 2 is 2.23 bits per heavy atom. The second-order valence-electron chi connectivity index (χ2n) is 7.47. The third-order valence-electron chi connectivity index (χ3n) is 5.80. The molecule has 140 valence electrons. The van der Waals surface area contributed by atoms with Crippen molar-refractivity contribution in [3.05, 3.63) is 30.7 Å². The van der Waals surface area contributed by atoms with Crippen molar-refractivity contribution in [3.8, 4) is 11.5 Å². The smallest absolute Gasteiger partial charge is 0.331 e. The van der Waals surface area contributed by atoms with Gasteiger partial charge in [0.25, 0.3) is 0 Å². The van der Waals surface area contributed by atoms with Crippen LogP contribution in [-0.4, -0.2) is 58.5 Å². The van der Waals surface area contributed by atoms with Crippen molar-refractivity contribution < 1.29 is 14.3 Å². The van der Waals surface area contributed by atoms with Crippen LogP contribution in [0.15, 0.2) is 35.1 Å². The standard InChI is InChI=1S/C19H26N4O3/c24-18(25)19(23-9-5-16(21-23)17-4-2-12-26-17)6-10-22(11-7-19)14-15-3-1-8-20-13-15/h2,4-5,9,12,15,20H,1,3,6-8,10-11,13-14H2,(H,24,25)/t15-/m1/s1. The minimum Gasteiger partial charge on any atom is -0.479 e. The summed E-state index contributed by atoms with van der Waals surface area (Å²) in [6.45, 7) is 4.83. The zero-order chi connectivity index (χ0) is 18.0. The lowest BCUT2D eigenvalue weighted by Crippen LogP contribution is -2.52. The Morgan fingerprint density at radius 3 is 2.88 bits per heavy atom. The molecule has 2 aliphatic rings. The summed E-state index contributed by atoms with van der Waals surface area (Å²) in [6, 6.07) is 5.46. The highest BCUT2D eigenvalue weighted by atomic mass is 16.4. The molecular weight excluding hydrogens is 332 g/mol. The van der Waals surface area contributed by atoms with E-state index in [1.807, 2.05) is 12.1 Å². The van der Waals surface area contributed by atoms with Gasteiger partial charge in [0.1, 0.15) is 5.69 Å². The van der Waals surface area contributed by atoms with E-state index in [1.54, 1.807) is 23.2 Å². The van der Waals surface area contributed by atoms with Crippen LogP contribution in [0.3, 0.4) is 0 Å². The average molecular weight is 358 g/mol. The highest BCUT2D eigenvalue weighted by molar-refractivity contribution is 5.77. The molecule has 2 fully saturated rings. The van der Waals surface area contributed by atoms with Crippen LogP contribution in [0.5, 0.6) is 0 Å². The molecule has 2 aromatic rings. The van der Waals surface area contributed by atoms with Gasteiger partial charge in [-0.15, -0.1) is 0 Å². The lowest BCUT2D eigenvalue weighted by molar-refractivity contribution is -0.151. The fourth-order valence-electron chi connectivity index (χ4n) is 4.21. The van der Waals surface area contributed by atoms with Crippen molar-refractivity contribution in [2.24, 2.45) is 5.92 Å². The highest BCUT2D eigenvalue weighted by Crippen LogP contribution is 2.32. The molecule has 7 heteroatoms. The topological polar surface area (TPSA) is 83.5 Å². The molecule has 26 heavy (non-hydrogen) atoms. The summed E-state index contributed by atoms with van der Waals surface area (Å²) in [6.07, 6.45) is 7.01. The van der Waals surface area contributed by atoms with Crippen LogP contribution >= 0.6 is 0 Å². The highest BCUT2D eigenvalue weighted by Gasteiger charge is 2.44. The number of furan rings is 1. The average Bonchev–Trinajstić information content (AvgIpc) is 3.35. The van der Waals surface area contributed by atoms with Gasteiger partial charge in [-0.25, -0.2) is 4.79 Å². The van der Waals surface area contributed by atoms with Crippen molar-refractivity contribution >= 4 is 5.97 Å². The quantitative estimate of drug-likeness (QED) is 0.851. The third-order valence-corrected chi connectivity index (χ3v) is 5.80. The van der Waals surface area contributed by atoms with Gasteiger partial charge in [-0.1, -0.05) is 0 Å². The minimum absolute atomic E-state index is 0.571. The second-order valence-corrected chi connectivity index (χ2v) is 7.47. The molecule has 7 nitrogen and oxygen atoms in total. The van der Waals surface area contributed by atoms with E-state index in [-0.39, 0.29) is 0 Å². The molecule has 0 spiro atoms. The van der Waals surface area contributed by atoms with E-state index in [4.69, 9.17) is 4.42 Å². The molecule has 2 aromatic heterocycles. The number of carboxylic acid groups (broad SMARTS) is 1. The monoisotopic (exact) mass is 358 g/mol. The number of rotatable bonds is 5. The largest absolute Gasteiger partial charge is 0.479 e. The lowest BCUT2D eigenvalue weighted by Gasteiger charge is -2.40. The molecule has 4 heterocycles. The molecule has 1 atom stereocenters. The second kappa shape index (κ2) is 7.25. The summed E-state index contributed by atoms with van der Waals surface area (Å²) >= 11 is 0. The first kappa shape index (κ1) is 17.3. The van der Waals surface area contributed by atoms with Gasteiger partial charge in [0, 0.05) is 25.8 Å². The van der Waals surface area contributed by atoms with Crippen molar-refractivity contribution in [1.82, 2.24) is 20.0 Å². The molecule has 0 aliphatic carbocycles. The summed E-state index contributed by atoms with van der Waals surface area (Å²) in [7, 11) is 0. The van der Waals surface area contributed by atoms with Crippen LogP contribution in [0.4, 0.5) is 0 Å². The summed E-state index contributed by atoms with van der Waals surface area (Å²) in [4.78, 5) is 14.6. The van der Waals surface area contributed by atoms with Gasteiger partial charge in [0.2, 0.25) is 0 Å². The molecule has 0 bridgehead atoms. The van der Waals surface area contributed by atoms with Crippen molar-refractivity contribution in [2.45, 2.75) is 31.2 Å². The molecule has 0 radical (unpaired) electrons. The van der Waals surface area contributed by atoms with E-state index in [0.29, 0.717) is 30.2 Å². The predicted octanol–water partition coefficient (Wildman–Crippen LogP) is 2.02. The van der Waals surface area contributed by atoms with E-state index in [1.165, 1.54) is 12.8 Å². The number of hydrogen-bond donors (Lipinski definition) is 2. The van der Waals surface area contributed by atoms with Crippen LogP contribution in [0.2, 0.25) is 0 Å². The van der Waals surface area contributed by atoms with Gasteiger partial charge in [0.15, 0.2) is 11.3 Å². The van der Waals surface area contributed by atoms with Gasteiger partial charge in [0.05, 0.1) is 6.26 Å². The molecule has 0 aromatic carbocycles. The Labute approximate surface area is 153 Å². The number of carboxylic acids is 1. The fourth-order valence-corrected chi connectivity index (χ4v) is 4.21. The molecular formula is C19H26N4O3. The molecule has 0 amide bonds. The van der Waals surface area contributed by atoms with Crippen LogP contribution in [0.1, 0.15) is 25.7 Å². The molecule has 0 unspecified atom stereocenters. The van der Waals surface area contributed by atoms with Crippen LogP contribution in [-0.2, 0) is 10.3 Å². The zero-order valence-electron chi connectivity index (χ0n) is 14.9. The maximum Gasteiger partial charge on any atom is 0.331 e. The van der Waals surface area contributed by atoms with E-state index >= 15 is 0 Å². The number of aromatic nitrogens is 2. The van der Waals surface area contributed by atoms with Gasteiger partial charge in [-0.2, -0.15) is 5.10 Å². The van der Waals surface area contributed by atoms with Crippen LogP contribution < -0.4 is 5.32 Å². The van der Waals surface area contributed by atoms with Gasteiger partial charge in [-0.3, -0.25) is 4.68 Å². The normalized spacial score (nSPS) is 23.8. The summed E-state index contributed by atoms with van der Waals surface area (Å²) < 4.78 is 7.01. The molecule has 2 saturated heterocycles. The fraction of sp³-hybridized carbons (Fsp3) is 0.579. The number of piperidine rings is 2. The molecule has 2 N–H and O–H groups in total. The minimum atomic E-state index is -0.966. The SMILES string of the molecule is O=C(O)C1(n2ccc(-c3ccco3)n2)CCN(C[C@@H]2CCCNC2)CC1. The Hall–Kier alpha value is -2.12. The predicted molar refractivity (Wildman–Crippen MR) is 96.8 cm³/mol. The van der Waals surface area contributed by atoms with Crippen molar-refractivity contribution in [2.75, 3.05) is 32.7 Å². The summed E-state index contributed by atoms with van der Waals surface area (Å²) in [5.41, 5.74) is -0.294. The van der Waals surface area contributed by atoms with E-state index in [9.17, 15) is 9.90 Å². The number of hydrogen-bond acceptors (Lipinski definition) is 5. The van der Waals surface area contributed by atoms with E-state index in [0.717, 1.165) is 32.7 Å². The molecule has 2 aliphatic heterocycles. The maximum absolute atomic E-state index is 12.2. The Morgan fingerprint density at radius 1 is 1.38 bits per heavy atom. The first-order valence-electron chi connectivity index (χ1n) is 9.44. The Bertz CT molecular complexity index is 726. The molecule has 4 rings (SSSR count).